The first-order chi connectivity index (χ1) is 13.7. The number of rotatable bonds is 9. The number of carbonyl (C=O) groups is 2. The van der Waals surface area contributed by atoms with Crippen LogP contribution < -0.4 is 10.6 Å². The molecule has 10 heteroatoms. The number of aliphatic hydroxyl groups is 1. The Kier molecular flexibility index (Phi) is 8.33. The molecular formula is C19H26BN3O5S. The highest BCUT2D eigenvalue weighted by molar-refractivity contribution is 7.13. The van der Waals surface area contributed by atoms with Gasteiger partial charge in [-0.3, -0.25) is 14.6 Å². The minimum Gasteiger partial charge on any atom is -0.426 e. The predicted molar refractivity (Wildman–Crippen MR) is 112 cm³/mol. The summed E-state index contributed by atoms with van der Waals surface area (Å²) in [5, 5.41) is 35.9. The van der Waals surface area contributed by atoms with E-state index in [2.05, 4.69) is 15.6 Å². The molecule has 0 bridgehead atoms. The zero-order chi connectivity index (χ0) is 21.6. The molecule has 2 heterocycles. The number of aliphatic hydroxyl groups excluding tert-OH is 1. The van der Waals surface area contributed by atoms with Crippen LogP contribution in [0.25, 0.3) is 10.4 Å². The van der Waals surface area contributed by atoms with Gasteiger partial charge in [0, 0.05) is 22.8 Å². The molecule has 2 amide bonds. The van der Waals surface area contributed by atoms with E-state index >= 15 is 0 Å². The maximum absolute atomic E-state index is 12.6. The summed E-state index contributed by atoms with van der Waals surface area (Å²) in [5.41, 5.74) is 1.02. The molecule has 0 spiro atoms. The van der Waals surface area contributed by atoms with Gasteiger partial charge in [0.25, 0.3) is 5.91 Å². The number of carbonyl (C=O) groups excluding carboxylic acids is 2. The summed E-state index contributed by atoms with van der Waals surface area (Å²) in [4.78, 5) is 30.3. The van der Waals surface area contributed by atoms with Gasteiger partial charge in [-0.1, -0.05) is 19.9 Å². The van der Waals surface area contributed by atoms with Crippen molar-refractivity contribution in [3.8, 4) is 10.4 Å². The summed E-state index contributed by atoms with van der Waals surface area (Å²) < 4.78 is 0. The van der Waals surface area contributed by atoms with Gasteiger partial charge in [-0.15, -0.1) is 11.3 Å². The van der Waals surface area contributed by atoms with Gasteiger partial charge in [-0.25, -0.2) is 0 Å². The smallest absolute Gasteiger partial charge is 0.426 e. The summed E-state index contributed by atoms with van der Waals surface area (Å²) in [6.07, 6.45) is 2.16. The van der Waals surface area contributed by atoms with Crippen molar-refractivity contribution in [3.63, 3.8) is 0 Å². The van der Waals surface area contributed by atoms with Crippen LogP contribution in [0.3, 0.4) is 0 Å². The third-order valence-electron chi connectivity index (χ3n) is 4.27. The largest absolute Gasteiger partial charge is 0.475 e. The molecule has 2 rings (SSSR count). The normalized spacial score (nSPS) is 14.2. The van der Waals surface area contributed by atoms with Crippen LogP contribution in [-0.2, 0) is 4.79 Å². The Bertz CT molecular complexity index is 814. The van der Waals surface area contributed by atoms with E-state index in [-0.39, 0.29) is 11.5 Å². The van der Waals surface area contributed by atoms with Crippen molar-refractivity contribution >= 4 is 30.3 Å². The van der Waals surface area contributed by atoms with Gasteiger partial charge in [0.05, 0.1) is 17.6 Å². The lowest BCUT2D eigenvalue weighted by Crippen LogP contribution is -2.57. The van der Waals surface area contributed by atoms with Gasteiger partial charge in [-0.2, -0.15) is 0 Å². The second kappa shape index (κ2) is 10.5. The summed E-state index contributed by atoms with van der Waals surface area (Å²) in [5.74, 6) is -2.08. The van der Waals surface area contributed by atoms with E-state index in [0.717, 1.165) is 10.4 Å². The molecule has 0 aliphatic rings. The molecule has 8 nitrogen and oxygen atoms in total. The molecule has 2 aromatic heterocycles. The first kappa shape index (κ1) is 23.0. The van der Waals surface area contributed by atoms with E-state index in [1.807, 2.05) is 31.4 Å². The Morgan fingerprint density at radius 3 is 2.48 bits per heavy atom. The third-order valence-corrected chi connectivity index (χ3v) is 5.19. The molecular weight excluding hydrogens is 393 g/mol. The van der Waals surface area contributed by atoms with Crippen molar-refractivity contribution < 1.29 is 24.7 Å². The second-order valence-electron chi connectivity index (χ2n) is 7.29. The lowest BCUT2D eigenvalue weighted by atomic mass is 9.75. The minimum atomic E-state index is -1.75. The molecule has 0 fully saturated rings. The maximum atomic E-state index is 12.6. The molecule has 0 aromatic carbocycles. The predicted octanol–water partition coefficient (Wildman–Crippen LogP) is 0.832. The number of hydrogen-bond donors (Lipinski definition) is 5. The van der Waals surface area contributed by atoms with Gasteiger partial charge in [-0.05, 0) is 36.8 Å². The van der Waals surface area contributed by atoms with Crippen molar-refractivity contribution in [2.24, 2.45) is 5.92 Å². The van der Waals surface area contributed by atoms with Crippen LogP contribution in [0, 0.1) is 5.92 Å². The highest BCUT2D eigenvalue weighted by Gasteiger charge is 2.32. The van der Waals surface area contributed by atoms with Crippen LogP contribution >= 0.6 is 11.3 Å². The highest BCUT2D eigenvalue weighted by Crippen LogP contribution is 2.24. The van der Waals surface area contributed by atoms with Crippen molar-refractivity contribution in [3.05, 3.63) is 41.5 Å². The summed E-state index contributed by atoms with van der Waals surface area (Å²) in [7, 11) is -1.75. The molecule has 0 aliphatic heterocycles. The van der Waals surface area contributed by atoms with Gasteiger partial charge in [0.1, 0.15) is 6.04 Å². The highest BCUT2D eigenvalue weighted by atomic mass is 32.1. The van der Waals surface area contributed by atoms with Crippen molar-refractivity contribution in [1.29, 1.82) is 0 Å². The lowest BCUT2D eigenvalue weighted by molar-refractivity contribution is -0.125. The summed E-state index contributed by atoms with van der Waals surface area (Å²) in [6.45, 7) is 5.13. The molecule has 156 valence electrons. The number of amides is 2. The first-order valence-corrected chi connectivity index (χ1v) is 10.2. The topological polar surface area (TPSA) is 132 Å². The number of aromatic nitrogens is 1. The van der Waals surface area contributed by atoms with Crippen LogP contribution in [-0.4, -0.2) is 57.2 Å². The lowest BCUT2D eigenvalue weighted by Gasteiger charge is -2.25. The Morgan fingerprint density at radius 1 is 1.21 bits per heavy atom. The van der Waals surface area contributed by atoms with Crippen molar-refractivity contribution in [1.82, 2.24) is 15.6 Å². The van der Waals surface area contributed by atoms with Crippen LogP contribution in [0.1, 0.15) is 37.6 Å². The molecule has 3 atom stereocenters. The Balaban J connectivity index is 2.12. The monoisotopic (exact) mass is 419 g/mol. The molecule has 0 aliphatic carbocycles. The van der Waals surface area contributed by atoms with Gasteiger partial charge in [0.2, 0.25) is 5.91 Å². The van der Waals surface area contributed by atoms with Gasteiger partial charge < -0.3 is 25.8 Å². The zero-order valence-electron chi connectivity index (χ0n) is 16.6. The molecule has 0 saturated heterocycles. The standard InChI is InChI=1S/C19H26BN3O5S/c1-11(2)7-16(20(27)28)22-19(26)17(12(3)24)23-18(25)14-8-13(9-21-10-14)15-5-4-6-29-15/h4-6,8-12,16-17,24,27-28H,7H2,1-3H3,(H,22,26)(H,23,25)/t12-,16+,17+/m1/s1. The fraction of sp³-hybridized carbons (Fsp3) is 0.421. The zero-order valence-corrected chi connectivity index (χ0v) is 17.4. The summed E-state index contributed by atoms with van der Waals surface area (Å²) in [6, 6.07) is 4.19. The number of pyridine rings is 1. The quantitative estimate of drug-likeness (QED) is 0.383. The number of thiophene rings is 1. The van der Waals surface area contributed by atoms with E-state index < -0.39 is 37.0 Å². The molecule has 0 radical (unpaired) electrons. The Labute approximate surface area is 174 Å². The van der Waals surface area contributed by atoms with E-state index in [1.165, 1.54) is 24.5 Å². The number of nitrogens with zero attached hydrogens (tertiary/aromatic N) is 1. The number of hydrogen-bond acceptors (Lipinski definition) is 7. The summed E-state index contributed by atoms with van der Waals surface area (Å²) >= 11 is 1.51. The van der Waals surface area contributed by atoms with E-state index in [0.29, 0.717) is 6.42 Å². The van der Waals surface area contributed by atoms with Crippen LogP contribution in [0.2, 0.25) is 0 Å². The van der Waals surface area contributed by atoms with Crippen LogP contribution in [0.15, 0.2) is 36.0 Å². The molecule has 2 aromatic rings. The number of nitrogens with one attached hydrogen (secondary N) is 2. The van der Waals surface area contributed by atoms with Gasteiger partial charge in [0.15, 0.2) is 0 Å². The van der Waals surface area contributed by atoms with Crippen LogP contribution in [0.4, 0.5) is 0 Å². The molecule has 29 heavy (non-hydrogen) atoms. The minimum absolute atomic E-state index is 0.104. The fourth-order valence-corrected chi connectivity index (χ4v) is 3.52. The fourth-order valence-electron chi connectivity index (χ4n) is 2.81. The average molecular weight is 419 g/mol. The van der Waals surface area contributed by atoms with E-state index in [9.17, 15) is 24.7 Å². The van der Waals surface area contributed by atoms with E-state index in [4.69, 9.17) is 0 Å². The molecule has 5 N–H and O–H groups in total. The third kappa shape index (κ3) is 6.64. The average Bonchev–Trinajstić information content (AvgIpc) is 3.19. The van der Waals surface area contributed by atoms with Crippen LogP contribution in [0.5, 0.6) is 0 Å². The van der Waals surface area contributed by atoms with Gasteiger partial charge >= 0.3 is 7.12 Å². The molecule has 0 unspecified atom stereocenters. The van der Waals surface area contributed by atoms with Crippen molar-refractivity contribution in [2.75, 3.05) is 0 Å². The maximum Gasteiger partial charge on any atom is 0.475 e. The van der Waals surface area contributed by atoms with E-state index in [1.54, 1.807) is 12.3 Å². The first-order valence-electron chi connectivity index (χ1n) is 9.33. The Morgan fingerprint density at radius 2 is 1.93 bits per heavy atom. The SMILES string of the molecule is CC(C)C[C@H](NC(=O)[C@@H](NC(=O)c1cncc(-c2cccs2)c1)[C@@H](C)O)B(O)O. The Hall–Kier alpha value is -2.27. The second-order valence-corrected chi connectivity index (χ2v) is 8.24. The van der Waals surface area contributed by atoms with Crippen molar-refractivity contribution in [2.45, 2.75) is 45.3 Å². The molecule has 0 saturated carbocycles.